The summed E-state index contributed by atoms with van der Waals surface area (Å²) in [7, 11) is 0. The van der Waals surface area contributed by atoms with E-state index in [9.17, 15) is 14.3 Å². The third-order valence-corrected chi connectivity index (χ3v) is 3.47. The molecule has 19 heavy (non-hydrogen) atoms. The lowest BCUT2D eigenvalue weighted by Crippen LogP contribution is -2.55. The van der Waals surface area contributed by atoms with Crippen molar-refractivity contribution < 1.29 is 14.3 Å². The largest absolute Gasteiger partial charge is 0.389 e. The topological polar surface area (TPSA) is 52.6 Å². The summed E-state index contributed by atoms with van der Waals surface area (Å²) in [5.74, 6) is -0.486. The molecule has 1 heterocycles. The van der Waals surface area contributed by atoms with E-state index in [-0.39, 0.29) is 11.9 Å². The van der Waals surface area contributed by atoms with Crippen LogP contribution in [0.4, 0.5) is 10.1 Å². The summed E-state index contributed by atoms with van der Waals surface area (Å²) in [6.07, 6.45) is -0.174. The van der Waals surface area contributed by atoms with E-state index in [1.54, 1.807) is 24.0 Å². The lowest BCUT2D eigenvalue weighted by atomic mass is 10.0. The molecular formula is C14H19FN2O2. The number of anilines is 1. The average Bonchev–Trinajstić information content (AvgIpc) is 2.38. The molecular weight excluding hydrogens is 247 g/mol. The second kappa shape index (κ2) is 5.57. The van der Waals surface area contributed by atoms with Crippen molar-refractivity contribution in [1.82, 2.24) is 5.32 Å². The van der Waals surface area contributed by atoms with Gasteiger partial charge in [-0.15, -0.1) is 0 Å². The number of para-hydroxylation sites is 1. The Morgan fingerprint density at radius 1 is 1.58 bits per heavy atom. The zero-order valence-electron chi connectivity index (χ0n) is 11.2. The second-order valence-electron chi connectivity index (χ2n) is 4.76. The van der Waals surface area contributed by atoms with Crippen LogP contribution in [-0.2, 0) is 4.79 Å². The lowest BCUT2D eigenvalue weighted by molar-refractivity contribution is -0.123. The van der Waals surface area contributed by atoms with Crippen LogP contribution >= 0.6 is 0 Å². The highest BCUT2D eigenvalue weighted by atomic mass is 19.1. The number of nitrogens with one attached hydrogen (secondary N) is 1. The molecule has 0 aromatic heterocycles. The fourth-order valence-electron chi connectivity index (χ4n) is 2.56. The van der Waals surface area contributed by atoms with Crippen LogP contribution in [-0.4, -0.2) is 30.1 Å². The van der Waals surface area contributed by atoms with Crippen LogP contribution in [0.25, 0.3) is 0 Å². The van der Waals surface area contributed by atoms with Gasteiger partial charge in [-0.3, -0.25) is 4.79 Å². The standard InChI is InChI=1S/C14H19FN2O2/c1-3-12-14(19)16-7-8-17(12)13-10(9(2)18)5-4-6-11(13)15/h4-6,9,12,18H,3,7-8H2,1-2H3,(H,16,19). The first-order valence-electron chi connectivity index (χ1n) is 6.57. The van der Waals surface area contributed by atoms with Gasteiger partial charge in [-0.2, -0.15) is 0 Å². The number of aliphatic hydroxyl groups is 1. The molecule has 0 saturated carbocycles. The number of aliphatic hydroxyl groups excluding tert-OH is 1. The molecule has 2 rings (SSSR count). The van der Waals surface area contributed by atoms with Gasteiger partial charge in [0.05, 0.1) is 11.8 Å². The summed E-state index contributed by atoms with van der Waals surface area (Å²) in [6, 6.07) is 4.25. The Morgan fingerprint density at radius 3 is 2.95 bits per heavy atom. The maximum absolute atomic E-state index is 14.1. The molecule has 0 radical (unpaired) electrons. The first kappa shape index (κ1) is 13.8. The molecule has 1 aromatic carbocycles. The van der Waals surface area contributed by atoms with Gasteiger partial charge in [0.1, 0.15) is 11.9 Å². The zero-order chi connectivity index (χ0) is 14.0. The molecule has 1 aromatic rings. The highest BCUT2D eigenvalue weighted by Gasteiger charge is 2.31. The molecule has 104 valence electrons. The first-order chi connectivity index (χ1) is 9.06. The molecule has 0 aliphatic carbocycles. The highest BCUT2D eigenvalue weighted by Crippen LogP contribution is 2.31. The van der Waals surface area contributed by atoms with Crippen molar-refractivity contribution in [2.24, 2.45) is 0 Å². The molecule has 0 bridgehead atoms. The van der Waals surface area contributed by atoms with Gasteiger partial charge in [0.15, 0.2) is 0 Å². The van der Waals surface area contributed by atoms with Crippen molar-refractivity contribution in [3.63, 3.8) is 0 Å². The number of halogens is 1. The molecule has 2 atom stereocenters. The third-order valence-electron chi connectivity index (χ3n) is 3.47. The second-order valence-corrected chi connectivity index (χ2v) is 4.76. The number of carbonyl (C=O) groups excluding carboxylic acids is 1. The minimum Gasteiger partial charge on any atom is -0.389 e. The average molecular weight is 266 g/mol. The number of amides is 1. The van der Waals surface area contributed by atoms with Crippen molar-refractivity contribution in [1.29, 1.82) is 0 Å². The molecule has 1 amide bonds. The molecule has 1 fully saturated rings. The summed E-state index contributed by atoms with van der Waals surface area (Å²) in [4.78, 5) is 13.6. The van der Waals surface area contributed by atoms with Gasteiger partial charge in [-0.1, -0.05) is 19.1 Å². The van der Waals surface area contributed by atoms with Gasteiger partial charge in [0, 0.05) is 18.7 Å². The minimum absolute atomic E-state index is 0.0893. The van der Waals surface area contributed by atoms with E-state index in [0.29, 0.717) is 30.8 Å². The summed E-state index contributed by atoms with van der Waals surface area (Å²) in [5.41, 5.74) is 0.868. The monoisotopic (exact) mass is 266 g/mol. The fraction of sp³-hybridized carbons (Fsp3) is 0.500. The Balaban J connectivity index is 2.47. The molecule has 5 heteroatoms. The molecule has 1 aliphatic heterocycles. The molecule has 2 N–H and O–H groups in total. The van der Waals surface area contributed by atoms with Crippen LogP contribution in [0.1, 0.15) is 31.9 Å². The van der Waals surface area contributed by atoms with Crippen LogP contribution in [0, 0.1) is 5.82 Å². The summed E-state index contributed by atoms with van der Waals surface area (Å²) >= 11 is 0. The van der Waals surface area contributed by atoms with E-state index < -0.39 is 11.9 Å². The number of benzene rings is 1. The van der Waals surface area contributed by atoms with Gasteiger partial charge in [0.2, 0.25) is 5.91 Å². The van der Waals surface area contributed by atoms with Crippen molar-refractivity contribution in [3.05, 3.63) is 29.6 Å². The lowest BCUT2D eigenvalue weighted by Gasteiger charge is -2.37. The molecule has 2 unspecified atom stereocenters. The predicted octanol–water partition coefficient (Wildman–Crippen LogP) is 1.59. The summed E-state index contributed by atoms with van der Waals surface area (Å²) in [6.45, 7) is 4.53. The van der Waals surface area contributed by atoms with Crippen molar-refractivity contribution >= 4 is 11.6 Å². The Labute approximate surface area is 112 Å². The Hall–Kier alpha value is -1.62. The molecule has 1 saturated heterocycles. The third kappa shape index (κ3) is 2.56. The van der Waals surface area contributed by atoms with Gasteiger partial charge in [-0.25, -0.2) is 4.39 Å². The minimum atomic E-state index is -0.770. The number of hydrogen-bond donors (Lipinski definition) is 2. The van der Waals surface area contributed by atoms with Crippen molar-refractivity contribution in [2.75, 3.05) is 18.0 Å². The van der Waals surface area contributed by atoms with Gasteiger partial charge < -0.3 is 15.3 Å². The van der Waals surface area contributed by atoms with Gasteiger partial charge in [-0.05, 0) is 19.4 Å². The maximum atomic E-state index is 14.1. The van der Waals surface area contributed by atoms with Crippen LogP contribution < -0.4 is 10.2 Å². The highest BCUT2D eigenvalue weighted by molar-refractivity contribution is 5.86. The predicted molar refractivity (Wildman–Crippen MR) is 71.5 cm³/mol. The van der Waals surface area contributed by atoms with E-state index in [2.05, 4.69) is 5.32 Å². The van der Waals surface area contributed by atoms with Crippen molar-refractivity contribution in [2.45, 2.75) is 32.4 Å². The van der Waals surface area contributed by atoms with E-state index >= 15 is 0 Å². The quantitative estimate of drug-likeness (QED) is 0.873. The number of nitrogens with zero attached hydrogens (tertiary/aromatic N) is 1. The number of piperazine rings is 1. The Morgan fingerprint density at radius 2 is 2.32 bits per heavy atom. The summed E-state index contributed by atoms with van der Waals surface area (Å²) in [5, 5.41) is 12.6. The number of carbonyl (C=O) groups is 1. The van der Waals surface area contributed by atoms with E-state index in [1.165, 1.54) is 6.07 Å². The number of rotatable bonds is 3. The molecule has 0 spiro atoms. The van der Waals surface area contributed by atoms with Gasteiger partial charge in [0.25, 0.3) is 0 Å². The molecule has 4 nitrogen and oxygen atoms in total. The summed E-state index contributed by atoms with van der Waals surface area (Å²) < 4.78 is 14.1. The van der Waals surface area contributed by atoms with Crippen LogP contribution in [0.2, 0.25) is 0 Å². The smallest absolute Gasteiger partial charge is 0.242 e. The van der Waals surface area contributed by atoms with Crippen LogP contribution in [0.5, 0.6) is 0 Å². The maximum Gasteiger partial charge on any atom is 0.242 e. The fourth-order valence-corrected chi connectivity index (χ4v) is 2.56. The zero-order valence-corrected chi connectivity index (χ0v) is 11.2. The van der Waals surface area contributed by atoms with Crippen LogP contribution in [0.3, 0.4) is 0 Å². The Bertz CT molecular complexity index is 477. The normalized spacial score (nSPS) is 21.2. The first-order valence-corrected chi connectivity index (χ1v) is 6.57. The van der Waals surface area contributed by atoms with Crippen LogP contribution in [0.15, 0.2) is 18.2 Å². The van der Waals surface area contributed by atoms with E-state index in [4.69, 9.17) is 0 Å². The SMILES string of the molecule is CCC1C(=O)NCCN1c1c(F)cccc1C(C)O. The Kier molecular flexibility index (Phi) is 4.04. The van der Waals surface area contributed by atoms with E-state index in [0.717, 1.165) is 0 Å². The van der Waals surface area contributed by atoms with Gasteiger partial charge >= 0.3 is 0 Å². The number of hydrogen-bond acceptors (Lipinski definition) is 3. The van der Waals surface area contributed by atoms with Crippen molar-refractivity contribution in [3.8, 4) is 0 Å². The molecule has 1 aliphatic rings. The van der Waals surface area contributed by atoms with E-state index in [1.807, 2.05) is 6.92 Å².